The number of carbonyl (C=O) groups is 1. The molecular formula is C28H23N7OS. The van der Waals surface area contributed by atoms with Gasteiger partial charge in [-0.2, -0.15) is 0 Å². The average molecular weight is 506 g/mol. The Hall–Kier alpha value is -4.63. The molecule has 37 heavy (non-hydrogen) atoms. The van der Waals surface area contributed by atoms with Crippen LogP contribution >= 0.6 is 11.3 Å². The zero-order chi connectivity index (χ0) is 25.2. The van der Waals surface area contributed by atoms with Crippen LogP contribution in [-0.4, -0.2) is 35.0 Å². The Kier molecular flexibility index (Phi) is 6.03. The number of hydrogen-bond acceptors (Lipinski definition) is 6. The van der Waals surface area contributed by atoms with Crippen LogP contribution in [0, 0.1) is 0 Å². The van der Waals surface area contributed by atoms with Gasteiger partial charge < -0.3 is 14.5 Å². The maximum absolute atomic E-state index is 13.3. The van der Waals surface area contributed by atoms with Gasteiger partial charge in [-0.05, 0) is 42.0 Å². The normalized spacial score (nSPS) is 12.0. The molecule has 0 saturated heterocycles. The number of pyridine rings is 1. The third kappa shape index (κ3) is 4.64. The molecule has 1 unspecified atom stereocenters. The molecule has 1 N–H and O–H groups in total. The van der Waals surface area contributed by atoms with Gasteiger partial charge in [-0.15, -0.1) is 11.3 Å². The van der Waals surface area contributed by atoms with Crippen molar-refractivity contribution in [3.63, 3.8) is 0 Å². The molecule has 0 spiro atoms. The summed E-state index contributed by atoms with van der Waals surface area (Å²) >= 11 is 1.38. The molecule has 4 aromatic heterocycles. The monoisotopic (exact) mass is 505 g/mol. The Morgan fingerprint density at radius 1 is 1.00 bits per heavy atom. The van der Waals surface area contributed by atoms with E-state index >= 15 is 0 Å². The molecule has 2 aromatic carbocycles. The van der Waals surface area contributed by atoms with Crippen LogP contribution in [-0.2, 0) is 13.5 Å². The summed E-state index contributed by atoms with van der Waals surface area (Å²) in [6.45, 7) is 0. The number of benzene rings is 2. The maximum Gasteiger partial charge on any atom is 0.280 e. The largest absolute Gasteiger partial charge is 0.340 e. The van der Waals surface area contributed by atoms with Crippen molar-refractivity contribution >= 4 is 27.5 Å². The number of thiazole rings is 1. The average Bonchev–Trinajstić information content (AvgIpc) is 3.69. The van der Waals surface area contributed by atoms with Gasteiger partial charge in [0.1, 0.15) is 5.82 Å². The quantitative estimate of drug-likeness (QED) is 0.330. The highest BCUT2D eigenvalue weighted by Gasteiger charge is 2.24. The zero-order valence-electron chi connectivity index (χ0n) is 20.0. The topological polar surface area (TPSA) is 90.5 Å². The molecule has 6 rings (SSSR count). The fourth-order valence-electron chi connectivity index (χ4n) is 4.36. The zero-order valence-corrected chi connectivity index (χ0v) is 20.8. The minimum atomic E-state index is -0.390. The minimum Gasteiger partial charge on any atom is -0.340 e. The lowest BCUT2D eigenvalue weighted by Gasteiger charge is -2.18. The van der Waals surface area contributed by atoms with Gasteiger partial charge in [-0.3, -0.25) is 9.78 Å². The van der Waals surface area contributed by atoms with Crippen molar-refractivity contribution in [2.24, 2.45) is 7.05 Å². The molecule has 9 heteroatoms. The van der Waals surface area contributed by atoms with E-state index in [2.05, 4.69) is 32.4 Å². The fourth-order valence-corrected chi connectivity index (χ4v) is 5.22. The van der Waals surface area contributed by atoms with E-state index in [9.17, 15) is 4.79 Å². The van der Waals surface area contributed by atoms with E-state index in [0.29, 0.717) is 11.4 Å². The van der Waals surface area contributed by atoms with Crippen molar-refractivity contribution in [3.05, 3.63) is 114 Å². The van der Waals surface area contributed by atoms with Gasteiger partial charge in [-0.25, -0.2) is 15.0 Å². The number of amides is 1. The lowest BCUT2D eigenvalue weighted by Crippen LogP contribution is -2.32. The molecular weight excluding hydrogens is 482 g/mol. The highest BCUT2D eigenvalue weighted by molar-refractivity contribution is 7.20. The Bertz CT molecular complexity index is 1620. The van der Waals surface area contributed by atoms with Crippen LogP contribution in [0.5, 0.6) is 0 Å². The minimum absolute atomic E-state index is 0.226. The van der Waals surface area contributed by atoms with Gasteiger partial charge in [0.15, 0.2) is 5.01 Å². The molecule has 0 aliphatic heterocycles. The Morgan fingerprint density at radius 3 is 2.59 bits per heavy atom. The van der Waals surface area contributed by atoms with Gasteiger partial charge >= 0.3 is 0 Å². The van der Waals surface area contributed by atoms with Crippen LogP contribution in [0.2, 0.25) is 0 Å². The summed E-state index contributed by atoms with van der Waals surface area (Å²) in [4.78, 5) is 31.2. The number of imidazole rings is 2. The molecule has 182 valence electrons. The van der Waals surface area contributed by atoms with Crippen molar-refractivity contribution in [2.45, 2.75) is 12.5 Å². The third-order valence-electron chi connectivity index (χ3n) is 6.23. The van der Waals surface area contributed by atoms with Gasteiger partial charge in [0, 0.05) is 43.4 Å². The summed E-state index contributed by atoms with van der Waals surface area (Å²) in [5, 5.41) is 3.60. The smallest absolute Gasteiger partial charge is 0.280 e. The number of nitrogens with zero attached hydrogens (tertiary/aromatic N) is 6. The maximum atomic E-state index is 13.3. The molecule has 0 bridgehead atoms. The Balaban J connectivity index is 1.31. The van der Waals surface area contributed by atoms with Crippen molar-refractivity contribution in [1.82, 2.24) is 34.4 Å². The van der Waals surface area contributed by atoms with Crippen molar-refractivity contribution < 1.29 is 4.79 Å². The van der Waals surface area contributed by atoms with Crippen molar-refractivity contribution in [2.75, 3.05) is 0 Å². The van der Waals surface area contributed by atoms with E-state index in [1.807, 2.05) is 83.2 Å². The van der Waals surface area contributed by atoms with E-state index < -0.39 is 6.04 Å². The van der Waals surface area contributed by atoms with Crippen LogP contribution in [0.25, 0.3) is 27.2 Å². The second-order valence-electron chi connectivity index (χ2n) is 8.62. The summed E-state index contributed by atoms with van der Waals surface area (Å²) in [5.74, 6) is 0.519. The van der Waals surface area contributed by atoms with Crippen LogP contribution in [0.4, 0.5) is 0 Å². The van der Waals surface area contributed by atoms with Crippen LogP contribution in [0.15, 0.2) is 97.8 Å². The van der Waals surface area contributed by atoms with Crippen LogP contribution in [0.3, 0.4) is 0 Å². The first-order valence-electron chi connectivity index (χ1n) is 11.8. The van der Waals surface area contributed by atoms with Crippen molar-refractivity contribution in [3.8, 4) is 16.9 Å². The number of carbonyl (C=O) groups excluding carboxylic acids is 1. The van der Waals surface area contributed by atoms with Crippen LogP contribution < -0.4 is 5.32 Å². The summed E-state index contributed by atoms with van der Waals surface area (Å²) in [6.07, 6.45) is 9.54. The molecule has 6 aromatic rings. The molecule has 1 amide bonds. The van der Waals surface area contributed by atoms with Gasteiger partial charge in [-0.1, -0.05) is 30.3 Å². The number of rotatable bonds is 7. The van der Waals surface area contributed by atoms with Gasteiger partial charge in [0.25, 0.3) is 5.91 Å². The number of para-hydroxylation sites is 1. The third-order valence-corrected chi connectivity index (χ3v) is 7.27. The van der Waals surface area contributed by atoms with E-state index in [-0.39, 0.29) is 5.91 Å². The van der Waals surface area contributed by atoms with E-state index in [4.69, 9.17) is 4.98 Å². The number of nitrogens with one attached hydrogen (secondary N) is 1. The number of aromatic nitrogens is 6. The predicted octanol–water partition coefficient (Wildman–Crippen LogP) is 4.99. The van der Waals surface area contributed by atoms with E-state index in [1.165, 1.54) is 11.3 Å². The van der Waals surface area contributed by atoms with Crippen LogP contribution in [0.1, 0.15) is 27.4 Å². The lowest BCUT2D eigenvalue weighted by molar-refractivity contribution is 0.0934. The highest BCUT2D eigenvalue weighted by Crippen LogP contribution is 2.27. The molecule has 4 heterocycles. The molecule has 0 fully saturated rings. The fraction of sp³-hybridized carbons (Fsp3) is 0.107. The van der Waals surface area contributed by atoms with E-state index in [1.54, 1.807) is 18.7 Å². The highest BCUT2D eigenvalue weighted by atomic mass is 32.1. The first kappa shape index (κ1) is 22.8. The lowest BCUT2D eigenvalue weighted by atomic mass is 10.1. The van der Waals surface area contributed by atoms with Gasteiger partial charge in [0.2, 0.25) is 0 Å². The summed E-state index contributed by atoms with van der Waals surface area (Å²) in [5.41, 5.74) is 4.69. The van der Waals surface area contributed by atoms with E-state index in [0.717, 1.165) is 38.7 Å². The second kappa shape index (κ2) is 9.79. The Morgan fingerprint density at radius 2 is 1.84 bits per heavy atom. The SMILES string of the molecule is Cn1c(-c2ccc(-n3ccnc3)cc2)cnc1C(Cc1ccccn1)NC(=O)c1nc2ccccc2s1. The second-order valence-corrected chi connectivity index (χ2v) is 9.65. The molecule has 0 aliphatic carbocycles. The van der Waals surface area contributed by atoms with Crippen molar-refractivity contribution in [1.29, 1.82) is 0 Å². The molecule has 8 nitrogen and oxygen atoms in total. The standard InChI is InChI=1S/C28H23N7OS/c1-34-24(19-9-11-21(12-10-19)35-15-14-29-18-35)17-31-26(34)23(16-20-6-4-5-13-30-20)32-27(36)28-33-22-7-2-3-8-25(22)37-28/h2-15,17-18,23H,16H2,1H3,(H,32,36). The molecule has 0 radical (unpaired) electrons. The summed E-state index contributed by atoms with van der Waals surface area (Å²) in [7, 11) is 1.97. The Labute approximate surface area is 217 Å². The summed E-state index contributed by atoms with van der Waals surface area (Å²) < 4.78 is 4.96. The number of hydrogen-bond donors (Lipinski definition) is 1. The molecule has 0 aliphatic rings. The number of fused-ring (bicyclic) bond motifs is 1. The molecule has 1 atom stereocenters. The summed E-state index contributed by atoms with van der Waals surface area (Å²) in [6, 6.07) is 21.4. The predicted molar refractivity (Wildman–Crippen MR) is 144 cm³/mol. The first-order valence-corrected chi connectivity index (χ1v) is 12.6. The molecule has 0 saturated carbocycles. The van der Waals surface area contributed by atoms with Gasteiger partial charge in [0.05, 0.1) is 34.5 Å². The first-order chi connectivity index (χ1) is 18.2.